The summed E-state index contributed by atoms with van der Waals surface area (Å²) in [5, 5.41) is 6.83. The number of hydrogen-bond donors (Lipinski definition) is 1. The van der Waals surface area contributed by atoms with E-state index in [0.717, 1.165) is 39.9 Å². The van der Waals surface area contributed by atoms with Crippen LogP contribution in [0.5, 0.6) is 0 Å². The minimum Gasteiger partial charge on any atom is -0.462 e. The molecule has 5 aromatic rings. The second-order valence-corrected chi connectivity index (χ2v) is 6.54. The summed E-state index contributed by atoms with van der Waals surface area (Å²) >= 11 is 0. The van der Waals surface area contributed by atoms with Crippen molar-refractivity contribution in [3.63, 3.8) is 0 Å². The number of H-pyrrole nitrogens is 1. The molecule has 0 aliphatic rings. The van der Waals surface area contributed by atoms with Crippen molar-refractivity contribution >= 4 is 11.1 Å². The van der Waals surface area contributed by atoms with Gasteiger partial charge in [-0.2, -0.15) is 5.10 Å². The van der Waals surface area contributed by atoms with E-state index in [1.165, 1.54) is 11.1 Å². The van der Waals surface area contributed by atoms with Crippen LogP contribution in [0.25, 0.3) is 33.5 Å². The minimum atomic E-state index is 0.783. The molecule has 2 aromatic carbocycles. The maximum atomic E-state index is 5.72. The van der Waals surface area contributed by atoms with E-state index in [9.17, 15) is 0 Å². The molecule has 5 rings (SSSR count). The second kappa shape index (κ2) is 6.57. The molecular weight excluding hydrogens is 334 g/mol. The number of furan rings is 1. The Morgan fingerprint density at radius 2 is 1.63 bits per heavy atom. The molecule has 0 aliphatic carbocycles. The SMILES string of the molecule is c1ccc(Cc2ccc(-c3coc4ccc(-c5cn[nH]c5)nc34)cc2)cc1. The zero-order chi connectivity index (χ0) is 18.1. The largest absolute Gasteiger partial charge is 0.462 e. The van der Waals surface area contributed by atoms with E-state index in [1.807, 2.05) is 24.4 Å². The second-order valence-electron chi connectivity index (χ2n) is 6.54. The van der Waals surface area contributed by atoms with Crippen LogP contribution in [0.3, 0.4) is 0 Å². The standard InChI is InChI=1S/C23H17N3O/c1-2-4-16(5-3-1)12-17-6-8-18(9-7-17)20-15-27-22-11-10-21(26-23(20)22)19-13-24-25-14-19/h1-11,13-15H,12H2,(H,24,25). The van der Waals surface area contributed by atoms with Crippen molar-refractivity contribution in [3.8, 4) is 22.4 Å². The van der Waals surface area contributed by atoms with Gasteiger partial charge in [0.1, 0.15) is 11.8 Å². The molecule has 3 heterocycles. The van der Waals surface area contributed by atoms with E-state index in [2.05, 4.69) is 58.7 Å². The highest BCUT2D eigenvalue weighted by atomic mass is 16.3. The van der Waals surface area contributed by atoms with Crippen LogP contribution < -0.4 is 0 Å². The number of hydrogen-bond acceptors (Lipinski definition) is 3. The summed E-state index contributed by atoms with van der Waals surface area (Å²) in [6.45, 7) is 0. The van der Waals surface area contributed by atoms with Crippen LogP contribution in [0, 0.1) is 0 Å². The number of pyridine rings is 1. The fourth-order valence-electron chi connectivity index (χ4n) is 3.30. The van der Waals surface area contributed by atoms with Crippen LogP contribution in [0.2, 0.25) is 0 Å². The van der Waals surface area contributed by atoms with Gasteiger partial charge >= 0.3 is 0 Å². The topological polar surface area (TPSA) is 54.7 Å². The maximum Gasteiger partial charge on any atom is 0.153 e. The van der Waals surface area contributed by atoms with Crippen LogP contribution in [0.4, 0.5) is 0 Å². The Morgan fingerprint density at radius 3 is 2.41 bits per heavy atom. The van der Waals surface area contributed by atoms with Gasteiger partial charge in [0.25, 0.3) is 0 Å². The molecule has 0 bridgehead atoms. The zero-order valence-electron chi connectivity index (χ0n) is 14.6. The predicted molar refractivity (Wildman–Crippen MR) is 106 cm³/mol. The summed E-state index contributed by atoms with van der Waals surface area (Å²) in [5.41, 5.74) is 8.18. The van der Waals surface area contributed by atoms with Gasteiger partial charge in [-0.25, -0.2) is 4.98 Å². The van der Waals surface area contributed by atoms with Gasteiger partial charge in [0.15, 0.2) is 5.58 Å². The van der Waals surface area contributed by atoms with Crippen molar-refractivity contribution in [3.05, 3.63) is 96.5 Å². The van der Waals surface area contributed by atoms with Gasteiger partial charge in [-0.05, 0) is 35.2 Å². The van der Waals surface area contributed by atoms with Gasteiger partial charge in [-0.3, -0.25) is 5.10 Å². The third-order valence-corrected chi connectivity index (χ3v) is 4.73. The highest BCUT2D eigenvalue weighted by Gasteiger charge is 2.12. The van der Waals surface area contributed by atoms with Gasteiger partial charge in [-0.15, -0.1) is 0 Å². The molecule has 0 radical (unpaired) electrons. The van der Waals surface area contributed by atoms with Crippen molar-refractivity contribution in [2.75, 3.05) is 0 Å². The Morgan fingerprint density at radius 1 is 0.815 bits per heavy atom. The summed E-state index contributed by atoms with van der Waals surface area (Å²) < 4.78 is 5.72. The lowest BCUT2D eigenvalue weighted by Crippen LogP contribution is -1.88. The summed E-state index contributed by atoms with van der Waals surface area (Å²) in [5.74, 6) is 0. The molecule has 3 aromatic heterocycles. The number of aromatic nitrogens is 3. The molecule has 4 nitrogen and oxygen atoms in total. The third-order valence-electron chi connectivity index (χ3n) is 4.73. The molecule has 27 heavy (non-hydrogen) atoms. The average molecular weight is 351 g/mol. The third kappa shape index (κ3) is 3.02. The van der Waals surface area contributed by atoms with Crippen molar-refractivity contribution in [2.24, 2.45) is 0 Å². The fourth-order valence-corrected chi connectivity index (χ4v) is 3.30. The molecule has 4 heteroatoms. The van der Waals surface area contributed by atoms with Crippen LogP contribution in [0.15, 0.2) is 89.8 Å². The summed E-state index contributed by atoms with van der Waals surface area (Å²) in [4.78, 5) is 4.79. The van der Waals surface area contributed by atoms with Gasteiger partial charge in [0.05, 0.1) is 11.9 Å². The Labute approximate surface area is 156 Å². The monoisotopic (exact) mass is 351 g/mol. The first-order valence-electron chi connectivity index (χ1n) is 8.87. The zero-order valence-corrected chi connectivity index (χ0v) is 14.6. The van der Waals surface area contributed by atoms with Gasteiger partial charge < -0.3 is 4.42 Å². The van der Waals surface area contributed by atoms with Gasteiger partial charge in [-0.1, -0.05) is 54.6 Å². The summed E-state index contributed by atoms with van der Waals surface area (Å²) in [6, 6.07) is 23.0. The summed E-state index contributed by atoms with van der Waals surface area (Å²) in [6.07, 6.45) is 6.32. The highest BCUT2D eigenvalue weighted by Crippen LogP contribution is 2.31. The molecule has 130 valence electrons. The van der Waals surface area contributed by atoms with Gasteiger partial charge in [0.2, 0.25) is 0 Å². The number of rotatable bonds is 4. The molecule has 0 saturated heterocycles. The number of benzene rings is 2. The first-order valence-corrected chi connectivity index (χ1v) is 8.87. The Kier molecular flexibility index (Phi) is 3.79. The van der Waals surface area contributed by atoms with Crippen LogP contribution >= 0.6 is 0 Å². The van der Waals surface area contributed by atoms with Crippen molar-refractivity contribution in [2.45, 2.75) is 6.42 Å². The maximum absolute atomic E-state index is 5.72. The van der Waals surface area contributed by atoms with Crippen molar-refractivity contribution < 1.29 is 4.42 Å². The summed E-state index contributed by atoms with van der Waals surface area (Å²) in [7, 11) is 0. The van der Waals surface area contributed by atoms with Crippen molar-refractivity contribution in [1.29, 1.82) is 0 Å². The van der Waals surface area contributed by atoms with Gasteiger partial charge in [0, 0.05) is 17.3 Å². The van der Waals surface area contributed by atoms with E-state index >= 15 is 0 Å². The first kappa shape index (κ1) is 15.6. The minimum absolute atomic E-state index is 0.783. The van der Waals surface area contributed by atoms with E-state index in [-0.39, 0.29) is 0 Å². The number of fused-ring (bicyclic) bond motifs is 1. The first-order chi connectivity index (χ1) is 13.4. The lowest BCUT2D eigenvalue weighted by atomic mass is 10.0. The van der Waals surface area contributed by atoms with E-state index < -0.39 is 0 Å². The molecular formula is C23H17N3O. The molecule has 0 aliphatic heterocycles. The van der Waals surface area contributed by atoms with E-state index in [0.29, 0.717) is 0 Å². The fraction of sp³-hybridized carbons (Fsp3) is 0.0435. The molecule has 0 atom stereocenters. The average Bonchev–Trinajstić information content (AvgIpc) is 3.39. The Balaban J connectivity index is 1.49. The molecule has 0 fully saturated rings. The number of nitrogens with one attached hydrogen (secondary N) is 1. The molecule has 0 unspecified atom stereocenters. The highest BCUT2D eigenvalue weighted by molar-refractivity contribution is 5.92. The Hall–Kier alpha value is -3.66. The normalized spacial score (nSPS) is 11.1. The van der Waals surface area contributed by atoms with Crippen LogP contribution in [-0.2, 0) is 6.42 Å². The van der Waals surface area contributed by atoms with Crippen LogP contribution in [-0.4, -0.2) is 15.2 Å². The van der Waals surface area contributed by atoms with Crippen LogP contribution in [0.1, 0.15) is 11.1 Å². The predicted octanol–water partition coefficient (Wildman–Crippen LogP) is 5.48. The van der Waals surface area contributed by atoms with Crippen molar-refractivity contribution in [1.82, 2.24) is 15.2 Å². The molecule has 0 saturated carbocycles. The van der Waals surface area contributed by atoms with E-state index in [4.69, 9.17) is 9.40 Å². The number of nitrogens with zero attached hydrogens (tertiary/aromatic N) is 2. The molecule has 0 amide bonds. The Bertz CT molecular complexity index is 1170. The lowest BCUT2D eigenvalue weighted by Gasteiger charge is -2.04. The molecule has 1 N–H and O–H groups in total. The molecule has 0 spiro atoms. The number of aromatic amines is 1. The van der Waals surface area contributed by atoms with E-state index in [1.54, 1.807) is 12.5 Å². The lowest BCUT2D eigenvalue weighted by molar-refractivity contribution is 0.616. The quantitative estimate of drug-likeness (QED) is 0.467. The smallest absolute Gasteiger partial charge is 0.153 e.